The second-order valence-corrected chi connectivity index (χ2v) is 3.79. The van der Waals surface area contributed by atoms with Gasteiger partial charge in [0.1, 0.15) is 6.10 Å². The summed E-state index contributed by atoms with van der Waals surface area (Å²) < 4.78 is 0. The molecule has 5 heteroatoms. The SMILES string of the molecule is CNC(C)C(=O)SCC(O)C(C)=O. The molecule has 13 heavy (non-hydrogen) atoms. The van der Waals surface area contributed by atoms with Crippen LogP contribution in [0.1, 0.15) is 13.8 Å². The Labute approximate surface area is 82.1 Å². The lowest BCUT2D eigenvalue weighted by molar-refractivity contribution is -0.123. The summed E-state index contributed by atoms with van der Waals surface area (Å²) in [6.07, 6.45) is -1.03. The molecule has 0 aliphatic carbocycles. The lowest BCUT2D eigenvalue weighted by atomic mass is 10.3. The van der Waals surface area contributed by atoms with Gasteiger partial charge in [-0.15, -0.1) is 0 Å². The fourth-order valence-electron chi connectivity index (χ4n) is 0.521. The van der Waals surface area contributed by atoms with E-state index in [-0.39, 0.29) is 22.7 Å². The molecule has 0 aromatic rings. The molecular weight excluding hydrogens is 190 g/mol. The summed E-state index contributed by atoms with van der Waals surface area (Å²) >= 11 is 0.973. The van der Waals surface area contributed by atoms with Crippen LogP contribution >= 0.6 is 11.8 Å². The first-order valence-corrected chi connectivity index (χ1v) is 5.00. The number of likely N-dealkylation sites (N-methyl/N-ethyl adjacent to an activating group) is 1. The number of Topliss-reactive ketones (excluding diaryl/α,β-unsaturated/α-hetero) is 1. The first-order valence-electron chi connectivity index (χ1n) is 4.01. The van der Waals surface area contributed by atoms with E-state index in [9.17, 15) is 9.59 Å². The van der Waals surface area contributed by atoms with Crippen molar-refractivity contribution in [3.05, 3.63) is 0 Å². The number of ketones is 1. The summed E-state index contributed by atoms with van der Waals surface area (Å²) in [5, 5.41) is 11.8. The maximum atomic E-state index is 11.2. The van der Waals surface area contributed by atoms with Gasteiger partial charge in [-0.05, 0) is 20.9 Å². The molecule has 0 amide bonds. The van der Waals surface area contributed by atoms with Crippen LogP contribution in [0, 0.1) is 0 Å². The van der Waals surface area contributed by atoms with Gasteiger partial charge < -0.3 is 10.4 Å². The predicted molar refractivity (Wildman–Crippen MR) is 52.7 cm³/mol. The van der Waals surface area contributed by atoms with Crippen molar-refractivity contribution < 1.29 is 14.7 Å². The molecular formula is C8H15NO3S. The van der Waals surface area contributed by atoms with E-state index >= 15 is 0 Å². The van der Waals surface area contributed by atoms with E-state index in [1.54, 1.807) is 14.0 Å². The molecule has 0 spiro atoms. The van der Waals surface area contributed by atoms with E-state index in [0.717, 1.165) is 11.8 Å². The third kappa shape index (κ3) is 5.02. The Bertz CT molecular complexity index is 196. The molecule has 0 fully saturated rings. The van der Waals surface area contributed by atoms with Crippen molar-refractivity contribution >= 4 is 22.7 Å². The van der Waals surface area contributed by atoms with Crippen molar-refractivity contribution in [3.8, 4) is 0 Å². The summed E-state index contributed by atoms with van der Waals surface area (Å²) in [6, 6.07) is -0.246. The lowest BCUT2D eigenvalue weighted by Gasteiger charge is -2.09. The molecule has 0 aromatic heterocycles. The molecule has 0 heterocycles. The Morgan fingerprint density at radius 3 is 2.46 bits per heavy atom. The molecule has 0 saturated carbocycles. The van der Waals surface area contributed by atoms with Gasteiger partial charge in [-0.3, -0.25) is 9.59 Å². The summed E-state index contributed by atoms with van der Waals surface area (Å²) in [6.45, 7) is 3.03. The topological polar surface area (TPSA) is 66.4 Å². The number of hydrogen-bond acceptors (Lipinski definition) is 5. The molecule has 2 unspecified atom stereocenters. The van der Waals surface area contributed by atoms with Crippen molar-refractivity contribution in [3.63, 3.8) is 0 Å². The standard InChI is InChI=1S/C8H15NO3S/c1-5(9-3)8(12)13-4-7(11)6(2)10/h5,7,9,11H,4H2,1-3H3. The summed E-state index contributed by atoms with van der Waals surface area (Å²) in [5.41, 5.74) is 0. The quantitative estimate of drug-likeness (QED) is 0.651. The van der Waals surface area contributed by atoms with Gasteiger partial charge in [-0.1, -0.05) is 11.8 Å². The highest BCUT2D eigenvalue weighted by Gasteiger charge is 2.15. The number of carbonyl (C=O) groups excluding carboxylic acids is 2. The number of carbonyl (C=O) groups is 2. The Morgan fingerprint density at radius 2 is 2.08 bits per heavy atom. The Morgan fingerprint density at radius 1 is 1.54 bits per heavy atom. The molecule has 0 radical (unpaired) electrons. The van der Waals surface area contributed by atoms with Crippen LogP contribution in [0.4, 0.5) is 0 Å². The first-order chi connectivity index (χ1) is 5.99. The van der Waals surface area contributed by atoms with Crippen molar-refractivity contribution in [1.29, 1.82) is 0 Å². The molecule has 76 valence electrons. The van der Waals surface area contributed by atoms with E-state index < -0.39 is 6.10 Å². The van der Waals surface area contributed by atoms with Crippen LogP contribution in [0.2, 0.25) is 0 Å². The van der Waals surface area contributed by atoms with Gasteiger partial charge in [0.15, 0.2) is 5.78 Å². The fraction of sp³-hybridized carbons (Fsp3) is 0.750. The molecule has 2 N–H and O–H groups in total. The van der Waals surface area contributed by atoms with Gasteiger partial charge in [0, 0.05) is 5.75 Å². The van der Waals surface area contributed by atoms with Crippen LogP contribution in [0.15, 0.2) is 0 Å². The third-order valence-corrected chi connectivity index (χ3v) is 2.76. The van der Waals surface area contributed by atoms with Gasteiger partial charge in [-0.2, -0.15) is 0 Å². The second kappa shape index (κ2) is 6.12. The van der Waals surface area contributed by atoms with E-state index in [1.807, 2.05) is 0 Å². The number of aliphatic hydroxyl groups is 1. The molecule has 0 rings (SSSR count). The zero-order chi connectivity index (χ0) is 10.4. The number of thioether (sulfide) groups is 1. The fourth-order valence-corrected chi connectivity index (χ4v) is 1.45. The average Bonchev–Trinajstić information content (AvgIpc) is 2.11. The smallest absolute Gasteiger partial charge is 0.205 e. The Hall–Kier alpha value is -0.390. The van der Waals surface area contributed by atoms with Gasteiger partial charge in [0.25, 0.3) is 0 Å². The molecule has 4 nitrogen and oxygen atoms in total. The van der Waals surface area contributed by atoms with Crippen LogP contribution in [0.3, 0.4) is 0 Å². The van der Waals surface area contributed by atoms with Crippen molar-refractivity contribution in [2.45, 2.75) is 26.0 Å². The van der Waals surface area contributed by atoms with Crippen molar-refractivity contribution in [2.75, 3.05) is 12.8 Å². The van der Waals surface area contributed by atoms with Gasteiger partial charge in [0.2, 0.25) is 5.12 Å². The summed E-state index contributed by atoms with van der Waals surface area (Å²) in [5.74, 6) is -0.169. The lowest BCUT2D eigenvalue weighted by Crippen LogP contribution is -2.30. The Balaban J connectivity index is 3.76. The molecule has 0 aliphatic heterocycles. The van der Waals surface area contributed by atoms with Crippen LogP contribution in [0.5, 0.6) is 0 Å². The highest BCUT2D eigenvalue weighted by Crippen LogP contribution is 2.07. The van der Waals surface area contributed by atoms with Crippen LogP contribution in [-0.4, -0.2) is 41.0 Å². The average molecular weight is 205 g/mol. The van der Waals surface area contributed by atoms with Crippen LogP contribution in [-0.2, 0) is 9.59 Å². The minimum absolute atomic E-state index is 0.0669. The molecule has 0 bridgehead atoms. The normalized spacial score (nSPS) is 15.1. The first kappa shape index (κ1) is 12.6. The second-order valence-electron chi connectivity index (χ2n) is 2.77. The zero-order valence-electron chi connectivity index (χ0n) is 8.03. The predicted octanol–water partition coefficient (Wildman–Crippen LogP) is -0.196. The Kier molecular flexibility index (Phi) is 5.94. The third-order valence-electron chi connectivity index (χ3n) is 1.64. The van der Waals surface area contributed by atoms with E-state index in [4.69, 9.17) is 5.11 Å². The zero-order valence-corrected chi connectivity index (χ0v) is 8.85. The summed E-state index contributed by atoms with van der Waals surface area (Å²) in [7, 11) is 1.69. The number of nitrogens with one attached hydrogen (secondary N) is 1. The van der Waals surface area contributed by atoms with Crippen molar-refractivity contribution in [2.24, 2.45) is 0 Å². The number of hydrogen-bond donors (Lipinski definition) is 2. The van der Waals surface area contributed by atoms with Gasteiger partial charge in [0.05, 0.1) is 6.04 Å². The summed E-state index contributed by atoms with van der Waals surface area (Å²) in [4.78, 5) is 21.8. The van der Waals surface area contributed by atoms with Gasteiger partial charge in [-0.25, -0.2) is 0 Å². The van der Waals surface area contributed by atoms with Crippen LogP contribution < -0.4 is 5.32 Å². The highest BCUT2D eigenvalue weighted by molar-refractivity contribution is 8.13. The van der Waals surface area contributed by atoms with Crippen molar-refractivity contribution in [1.82, 2.24) is 5.32 Å². The maximum absolute atomic E-state index is 11.2. The molecule has 0 saturated heterocycles. The molecule has 0 aromatic carbocycles. The highest BCUT2D eigenvalue weighted by atomic mass is 32.2. The monoisotopic (exact) mass is 205 g/mol. The molecule has 2 atom stereocenters. The minimum atomic E-state index is -1.03. The van der Waals surface area contributed by atoms with E-state index in [2.05, 4.69) is 5.32 Å². The van der Waals surface area contributed by atoms with Gasteiger partial charge >= 0.3 is 0 Å². The minimum Gasteiger partial charge on any atom is -0.384 e. The maximum Gasteiger partial charge on any atom is 0.205 e. The van der Waals surface area contributed by atoms with E-state index in [0.29, 0.717) is 0 Å². The largest absolute Gasteiger partial charge is 0.384 e. The van der Waals surface area contributed by atoms with E-state index in [1.165, 1.54) is 6.92 Å². The number of rotatable bonds is 5. The number of aliphatic hydroxyl groups excluding tert-OH is 1. The molecule has 0 aliphatic rings. The van der Waals surface area contributed by atoms with Crippen LogP contribution in [0.25, 0.3) is 0 Å².